The normalized spacial score (nSPS) is 29.0. The zero-order valence-corrected chi connectivity index (χ0v) is 9.33. The minimum absolute atomic E-state index is 0.165. The van der Waals surface area contributed by atoms with Crippen LogP contribution in [0.2, 0.25) is 0 Å². The SMILES string of the molecule is CC1C[C@@H](C(=O)S)N(C(=O)[C@H](C)N)C1. The molecule has 1 fully saturated rings. The Kier molecular flexibility index (Phi) is 3.55. The van der Waals surface area contributed by atoms with Crippen molar-refractivity contribution in [3.8, 4) is 0 Å². The predicted molar refractivity (Wildman–Crippen MR) is 56.9 cm³/mol. The third kappa shape index (κ3) is 2.27. The molecule has 0 saturated carbocycles. The fourth-order valence-corrected chi connectivity index (χ4v) is 2.03. The maximum absolute atomic E-state index is 11.6. The average molecular weight is 216 g/mol. The summed E-state index contributed by atoms with van der Waals surface area (Å²) in [5, 5.41) is -0.247. The highest BCUT2D eigenvalue weighted by Gasteiger charge is 2.37. The number of likely N-dealkylation sites (tertiary alicyclic amines) is 1. The second-order valence-electron chi connectivity index (χ2n) is 3.97. The lowest BCUT2D eigenvalue weighted by atomic mass is 10.1. The summed E-state index contributed by atoms with van der Waals surface area (Å²) >= 11 is 3.78. The molecule has 3 atom stereocenters. The van der Waals surface area contributed by atoms with Crippen LogP contribution in [0.3, 0.4) is 0 Å². The van der Waals surface area contributed by atoms with E-state index in [1.165, 1.54) is 0 Å². The number of thiol groups is 1. The number of carbonyl (C=O) groups is 2. The Balaban J connectivity index is 2.76. The molecule has 0 aromatic carbocycles. The van der Waals surface area contributed by atoms with Crippen LogP contribution in [0.15, 0.2) is 0 Å². The molecule has 5 heteroatoms. The summed E-state index contributed by atoms with van der Waals surface area (Å²) in [4.78, 5) is 24.3. The quantitative estimate of drug-likeness (QED) is 0.640. The minimum Gasteiger partial charge on any atom is -0.330 e. The Labute approximate surface area is 89.2 Å². The van der Waals surface area contributed by atoms with Gasteiger partial charge in [0.05, 0.1) is 6.04 Å². The Morgan fingerprint density at radius 1 is 1.57 bits per heavy atom. The lowest BCUT2D eigenvalue weighted by molar-refractivity contribution is -0.136. The third-order valence-electron chi connectivity index (χ3n) is 2.47. The smallest absolute Gasteiger partial charge is 0.239 e. The van der Waals surface area contributed by atoms with Gasteiger partial charge in [0.1, 0.15) is 6.04 Å². The van der Waals surface area contributed by atoms with Crippen molar-refractivity contribution in [2.45, 2.75) is 32.4 Å². The van der Waals surface area contributed by atoms with Gasteiger partial charge >= 0.3 is 0 Å². The maximum atomic E-state index is 11.6. The second kappa shape index (κ2) is 4.31. The molecule has 14 heavy (non-hydrogen) atoms. The Morgan fingerprint density at radius 2 is 2.14 bits per heavy atom. The predicted octanol–water partition coefficient (Wildman–Crippen LogP) is 0.0270. The lowest BCUT2D eigenvalue weighted by Crippen LogP contribution is -2.46. The molecule has 0 aromatic rings. The Hall–Kier alpha value is -0.550. The van der Waals surface area contributed by atoms with Gasteiger partial charge < -0.3 is 10.6 Å². The molecule has 1 aliphatic rings. The average Bonchev–Trinajstić information content (AvgIpc) is 2.45. The van der Waals surface area contributed by atoms with Crippen LogP contribution in [0.5, 0.6) is 0 Å². The summed E-state index contributed by atoms with van der Waals surface area (Å²) in [5.74, 6) is 0.181. The molecule has 0 radical (unpaired) electrons. The first-order valence-corrected chi connectivity index (χ1v) is 5.17. The van der Waals surface area contributed by atoms with Crippen LogP contribution in [-0.2, 0) is 9.59 Å². The highest BCUT2D eigenvalue weighted by atomic mass is 32.1. The van der Waals surface area contributed by atoms with E-state index >= 15 is 0 Å². The van der Waals surface area contributed by atoms with Crippen molar-refractivity contribution < 1.29 is 9.59 Å². The van der Waals surface area contributed by atoms with Crippen molar-refractivity contribution in [2.75, 3.05) is 6.54 Å². The topological polar surface area (TPSA) is 63.4 Å². The molecule has 1 heterocycles. The van der Waals surface area contributed by atoms with Crippen molar-refractivity contribution in [2.24, 2.45) is 11.7 Å². The number of hydrogen-bond acceptors (Lipinski definition) is 3. The van der Waals surface area contributed by atoms with Crippen LogP contribution in [0.25, 0.3) is 0 Å². The molecule has 0 spiro atoms. The van der Waals surface area contributed by atoms with E-state index in [4.69, 9.17) is 5.73 Å². The van der Waals surface area contributed by atoms with Crippen LogP contribution in [-0.4, -0.2) is 34.6 Å². The first-order chi connectivity index (χ1) is 6.43. The third-order valence-corrected chi connectivity index (χ3v) is 2.77. The molecule has 2 N–H and O–H groups in total. The van der Waals surface area contributed by atoms with Crippen molar-refractivity contribution in [3.05, 3.63) is 0 Å². The minimum atomic E-state index is -0.546. The molecule has 80 valence electrons. The zero-order valence-electron chi connectivity index (χ0n) is 8.43. The van der Waals surface area contributed by atoms with E-state index in [0.29, 0.717) is 18.9 Å². The highest BCUT2D eigenvalue weighted by Crippen LogP contribution is 2.24. The van der Waals surface area contributed by atoms with Crippen molar-refractivity contribution in [3.63, 3.8) is 0 Å². The summed E-state index contributed by atoms with van der Waals surface area (Å²) in [6.07, 6.45) is 0.695. The van der Waals surface area contributed by atoms with E-state index < -0.39 is 6.04 Å². The van der Waals surface area contributed by atoms with E-state index in [1.54, 1.807) is 11.8 Å². The van der Waals surface area contributed by atoms with Gasteiger partial charge in [-0.2, -0.15) is 0 Å². The first-order valence-electron chi connectivity index (χ1n) is 4.72. The van der Waals surface area contributed by atoms with E-state index in [0.717, 1.165) is 0 Å². The molecule has 1 amide bonds. The fourth-order valence-electron chi connectivity index (χ4n) is 1.79. The van der Waals surface area contributed by atoms with E-state index in [1.807, 2.05) is 6.92 Å². The molecule has 0 aliphatic carbocycles. The van der Waals surface area contributed by atoms with Gasteiger partial charge in [0.25, 0.3) is 0 Å². The molecule has 0 bridgehead atoms. The first kappa shape index (κ1) is 11.5. The fraction of sp³-hybridized carbons (Fsp3) is 0.778. The summed E-state index contributed by atoms with van der Waals surface area (Å²) in [7, 11) is 0. The van der Waals surface area contributed by atoms with E-state index in [2.05, 4.69) is 12.6 Å². The van der Waals surface area contributed by atoms with E-state index in [-0.39, 0.29) is 17.1 Å². The molecule has 1 rings (SSSR count). The number of carbonyl (C=O) groups excluding carboxylic acids is 2. The van der Waals surface area contributed by atoms with Crippen molar-refractivity contribution >= 4 is 23.7 Å². The lowest BCUT2D eigenvalue weighted by Gasteiger charge is -2.23. The summed E-state index contributed by atoms with van der Waals surface area (Å²) in [6.45, 7) is 4.25. The highest BCUT2D eigenvalue weighted by molar-refractivity contribution is 7.96. The summed E-state index contributed by atoms with van der Waals surface area (Å²) in [6, 6.07) is -0.928. The summed E-state index contributed by atoms with van der Waals surface area (Å²) < 4.78 is 0. The number of nitrogens with zero attached hydrogens (tertiary/aromatic N) is 1. The Bertz CT molecular complexity index is 255. The van der Waals surface area contributed by atoms with Gasteiger partial charge in [0, 0.05) is 6.54 Å². The maximum Gasteiger partial charge on any atom is 0.239 e. The van der Waals surface area contributed by atoms with Gasteiger partial charge in [-0.3, -0.25) is 9.59 Å². The standard InChI is InChI=1S/C9H16N2O2S/c1-5-3-7(9(13)14)11(4-5)8(12)6(2)10/h5-7H,3-4,10H2,1-2H3,(H,13,14)/t5?,6-,7-/m0/s1. The Morgan fingerprint density at radius 3 is 2.57 bits per heavy atom. The van der Waals surface area contributed by atoms with Gasteiger partial charge in [-0.1, -0.05) is 6.92 Å². The van der Waals surface area contributed by atoms with Crippen molar-refractivity contribution in [1.82, 2.24) is 4.90 Å². The number of nitrogens with two attached hydrogens (primary N) is 1. The number of hydrogen-bond donors (Lipinski definition) is 2. The summed E-state index contributed by atoms with van der Waals surface area (Å²) in [5.41, 5.74) is 5.50. The van der Waals surface area contributed by atoms with E-state index in [9.17, 15) is 9.59 Å². The van der Waals surface area contributed by atoms with Crippen LogP contribution in [0.4, 0.5) is 0 Å². The number of amides is 1. The number of rotatable bonds is 2. The van der Waals surface area contributed by atoms with Crippen LogP contribution in [0, 0.1) is 5.92 Å². The molecule has 1 unspecified atom stereocenters. The van der Waals surface area contributed by atoms with Crippen molar-refractivity contribution in [1.29, 1.82) is 0 Å². The molecule has 1 saturated heterocycles. The largest absolute Gasteiger partial charge is 0.330 e. The van der Waals surface area contributed by atoms with Crippen LogP contribution >= 0.6 is 12.6 Å². The monoisotopic (exact) mass is 216 g/mol. The van der Waals surface area contributed by atoms with Gasteiger partial charge in [0.2, 0.25) is 11.0 Å². The molecular formula is C9H16N2O2S. The van der Waals surface area contributed by atoms with Gasteiger partial charge in [0.15, 0.2) is 0 Å². The van der Waals surface area contributed by atoms with Gasteiger partial charge in [-0.05, 0) is 19.3 Å². The van der Waals surface area contributed by atoms with Crippen LogP contribution < -0.4 is 5.73 Å². The van der Waals surface area contributed by atoms with Crippen LogP contribution in [0.1, 0.15) is 20.3 Å². The molecule has 0 aromatic heterocycles. The zero-order chi connectivity index (χ0) is 10.9. The second-order valence-corrected chi connectivity index (χ2v) is 4.41. The molecule has 4 nitrogen and oxygen atoms in total. The molecule has 1 aliphatic heterocycles. The van der Waals surface area contributed by atoms with Gasteiger partial charge in [-0.15, -0.1) is 12.6 Å². The molecular weight excluding hydrogens is 200 g/mol. The van der Waals surface area contributed by atoms with Gasteiger partial charge in [-0.25, -0.2) is 0 Å².